The Bertz CT molecular complexity index is 1050. The van der Waals surface area contributed by atoms with Gasteiger partial charge in [-0.3, -0.25) is 0 Å². The SMILES string of the molecule is NCc1ccc(C=CCS(=O)(=O)n2cc(F)c3cnc(Cl)nc32)cc1. The molecule has 0 aliphatic rings. The van der Waals surface area contributed by atoms with Crippen LogP contribution in [0.4, 0.5) is 4.39 Å². The van der Waals surface area contributed by atoms with E-state index in [1.54, 1.807) is 6.08 Å². The number of halogens is 2. The maximum Gasteiger partial charge on any atom is 0.243 e. The quantitative estimate of drug-likeness (QED) is 0.687. The number of hydrogen-bond acceptors (Lipinski definition) is 5. The van der Waals surface area contributed by atoms with Crippen LogP contribution in [0.25, 0.3) is 17.1 Å². The minimum Gasteiger partial charge on any atom is -0.326 e. The molecule has 2 N–H and O–H groups in total. The molecule has 0 aliphatic heterocycles. The number of aromatic nitrogens is 3. The zero-order chi connectivity index (χ0) is 18.0. The molecule has 2 heterocycles. The summed E-state index contributed by atoms with van der Waals surface area (Å²) in [6, 6.07) is 7.40. The molecule has 0 spiro atoms. The van der Waals surface area contributed by atoms with Crippen molar-refractivity contribution in [3.8, 4) is 0 Å². The van der Waals surface area contributed by atoms with Gasteiger partial charge in [0.25, 0.3) is 0 Å². The molecule has 0 fully saturated rings. The van der Waals surface area contributed by atoms with Gasteiger partial charge in [-0.15, -0.1) is 0 Å². The van der Waals surface area contributed by atoms with Crippen LogP contribution in [0.15, 0.2) is 42.7 Å². The predicted molar refractivity (Wildman–Crippen MR) is 95.0 cm³/mol. The first-order valence-corrected chi connectivity index (χ1v) is 9.27. The zero-order valence-corrected chi connectivity index (χ0v) is 14.5. The van der Waals surface area contributed by atoms with E-state index >= 15 is 0 Å². The van der Waals surface area contributed by atoms with Gasteiger partial charge in [-0.25, -0.2) is 21.8 Å². The summed E-state index contributed by atoms with van der Waals surface area (Å²) in [4.78, 5) is 7.47. The molecule has 1 aromatic carbocycles. The van der Waals surface area contributed by atoms with E-state index in [9.17, 15) is 12.8 Å². The summed E-state index contributed by atoms with van der Waals surface area (Å²) >= 11 is 5.68. The lowest BCUT2D eigenvalue weighted by molar-refractivity contribution is 0.588. The van der Waals surface area contributed by atoms with Crippen molar-refractivity contribution < 1.29 is 12.8 Å². The highest BCUT2D eigenvalue weighted by Gasteiger charge is 2.19. The fourth-order valence-corrected chi connectivity index (χ4v) is 3.57. The number of fused-ring (bicyclic) bond motifs is 1. The zero-order valence-electron chi connectivity index (χ0n) is 12.9. The molecule has 3 aromatic rings. The standard InChI is InChI=1S/C16H14ClFN4O2S/c17-16-20-9-13-14(18)10-22(15(13)21-16)25(23,24)7-1-2-11-3-5-12(8-19)6-4-11/h1-6,9-10H,7-8,19H2. The Morgan fingerprint density at radius 1 is 1.28 bits per heavy atom. The second-order valence-corrected chi connectivity index (χ2v) is 7.50. The second-order valence-electron chi connectivity index (χ2n) is 5.28. The van der Waals surface area contributed by atoms with Gasteiger partial charge in [0.15, 0.2) is 11.5 Å². The van der Waals surface area contributed by atoms with Gasteiger partial charge in [0.05, 0.1) is 17.3 Å². The molecule has 3 rings (SSSR count). The normalized spacial score (nSPS) is 12.3. The van der Waals surface area contributed by atoms with Crippen LogP contribution < -0.4 is 5.73 Å². The molecular weight excluding hydrogens is 367 g/mol. The first-order valence-electron chi connectivity index (χ1n) is 7.28. The van der Waals surface area contributed by atoms with E-state index in [0.717, 1.165) is 27.5 Å². The van der Waals surface area contributed by atoms with Crippen molar-refractivity contribution >= 4 is 38.7 Å². The molecule has 2 aromatic heterocycles. The third kappa shape index (κ3) is 3.71. The maximum absolute atomic E-state index is 13.9. The third-order valence-electron chi connectivity index (χ3n) is 3.57. The Kier molecular flexibility index (Phi) is 4.85. The molecule has 0 bridgehead atoms. The van der Waals surface area contributed by atoms with Crippen LogP contribution in [0, 0.1) is 5.82 Å². The van der Waals surface area contributed by atoms with E-state index in [4.69, 9.17) is 17.3 Å². The van der Waals surface area contributed by atoms with E-state index in [1.165, 1.54) is 6.08 Å². The molecular formula is C16H14ClFN4O2S. The largest absolute Gasteiger partial charge is 0.326 e. The molecule has 25 heavy (non-hydrogen) atoms. The van der Waals surface area contributed by atoms with Gasteiger partial charge in [-0.2, -0.15) is 4.98 Å². The van der Waals surface area contributed by atoms with Gasteiger partial charge in [0.2, 0.25) is 15.3 Å². The molecule has 0 atom stereocenters. The van der Waals surface area contributed by atoms with Gasteiger partial charge in [-0.1, -0.05) is 36.4 Å². The second kappa shape index (κ2) is 6.91. The molecule has 0 unspecified atom stereocenters. The average molecular weight is 381 g/mol. The summed E-state index contributed by atoms with van der Waals surface area (Å²) in [5.41, 5.74) is 7.26. The van der Waals surface area contributed by atoms with Crippen molar-refractivity contribution in [1.82, 2.24) is 13.9 Å². The summed E-state index contributed by atoms with van der Waals surface area (Å²) in [7, 11) is -3.84. The van der Waals surface area contributed by atoms with Crippen molar-refractivity contribution in [3.05, 3.63) is 65.0 Å². The van der Waals surface area contributed by atoms with Crippen molar-refractivity contribution in [2.75, 3.05) is 5.75 Å². The van der Waals surface area contributed by atoms with Crippen molar-refractivity contribution in [3.63, 3.8) is 0 Å². The van der Waals surface area contributed by atoms with Crippen molar-refractivity contribution in [2.24, 2.45) is 5.73 Å². The van der Waals surface area contributed by atoms with Crippen LogP contribution in [0.2, 0.25) is 5.28 Å². The smallest absolute Gasteiger partial charge is 0.243 e. The summed E-state index contributed by atoms with van der Waals surface area (Å²) in [5.74, 6) is -1.05. The van der Waals surface area contributed by atoms with Gasteiger partial charge in [-0.05, 0) is 22.7 Å². The molecule has 0 amide bonds. The lowest BCUT2D eigenvalue weighted by atomic mass is 10.1. The van der Waals surface area contributed by atoms with Crippen LogP contribution >= 0.6 is 11.6 Å². The predicted octanol–water partition coefficient (Wildman–Crippen LogP) is 2.57. The first kappa shape index (κ1) is 17.5. The summed E-state index contributed by atoms with van der Waals surface area (Å²) in [5, 5.41) is -0.160. The molecule has 0 saturated heterocycles. The van der Waals surface area contributed by atoms with Crippen LogP contribution in [-0.2, 0) is 16.6 Å². The highest BCUT2D eigenvalue weighted by atomic mass is 35.5. The topological polar surface area (TPSA) is 90.9 Å². The number of nitrogens with zero attached hydrogens (tertiary/aromatic N) is 3. The fraction of sp³-hybridized carbons (Fsp3) is 0.125. The van der Waals surface area contributed by atoms with Gasteiger partial charge < -0.3 is 5.73 Å². The van der Waals surface area contributed by atoms with E-state index in [2.05, 4.69) is 9.97 Å². The van der Waals surface area contributed by atoms with Gasteiger partial charge >= 0.3 is 0 Å². The van der Waals surface area contributed by atoms with E-state index in [0.29, 0.717) is 6.54 Å². The number of rotatable bonds is 5. The lowest BCUT2D eigenvalue weighted by Crippen LogP contribution is -2.15. The van der Waals surface area contributed by atoms with E-state index in [-0.39, 0.29) is 22.1 Å². The fourth-order valence-electron chi connectivity index (χ4n) is 2.29. The first-order chi connectivity index (χ1) is 11.9. The number of benzene rings is 1. The highest BCUT2D eigenvalue weighted by molar-refractivity contribution is 7.90. The van der Waals surface area contributed by atoms with Crippen LogP contribution in [0.5, 0.6) is 0 Å². The van der Waals surface area contributed by atoms with E-state index in [1.807, 2.05) is 24.3 Å². The third-order valence-corrected chi connectivity index (χ3v) is 5.24. The van der Waals surface area contributed by atoms with Gasteiger partial charge in [0.1, 0.15) is 0 Å². The average Bonchev–Trinajstić information content (AvgIpc) is 2.92. The molecule has 130 valence electrons. The Hall–Kier alpha value is -2.29. The Labute approximate surface area is 148 Å². The molecule has 0 aliphatic carbocycles. The summed E-state index contributed by atoms with van der Waals surface area (Å²) < 4.78 is 39.6. The minimum absolute atomic E-state index is 0.00525. The van der Waals surface area contributed by atoms with Crippen LogP contribution in [-0.4, -0.2) is 28.1 Å². The highest BCUT2D eigenvalue weighted by Crippen LogP contribution is 2.21. The van der Waals surface area contributed by atoms with Crippen LogP contribution in [0.3, 0.4) is 0 Å². The molecule has 0 saturated carbocycles. The van der Waals surface area contributed by atoms with Crippen molar-refractivity contribution in [2.45, 2.75) is 6.54 Å². The van der Waals surface area contributed by atoms with Crippen LogP contribution in [0.1, 0.15) is 11.1 Å². The molecule has 9 heteroatoms. The molecule has 6 nitrogen and oxygen atoms in total. The summed E-state index contributed by atoms with van der Waals surface area (Å²) in [6.45, 7) is 0.440. The van der Waals surface area contributed by atoms with E-state index < -0.39 is 15.8 Å². The number of nitrogens with two attached hydrogens (primary N) is 1. The minimum atomic E-state index is -3.84. The Morgan fingerprint density at radius 2 is 2.00 bits per heavy atom. The van der Waals surface area contributed by atoms with Gasteiger partial charge in [0, 0.05) is 12.7 Å². The number of hydrogen-bond donors (Lipinski definition) is 1. The Balaban J connectivity index is 1.87. The monoisotopic (exact) mass is 380 g/mol. The maximum atomic E-state index is 13.9. The summed E-state index contributed by atoms with van der Waals surface area (Å²) in [6.07, 6.45) is 5.18. The Morgan fingerprint density at radius 3 is 2.68 bits per heavy atom. The van der Waals surface area contributed by atoms with Crippen molar-refractivity contribution in [1.29, 1.82) is 0 Å². The lowest BCUT2D eigenvalue weighted by Gasteiger charge is -2.04. The molecule has 0 radical (unpaired) electrons.